The van der Waals surface area contributed by atoms with Gasteiger partial charge in [-0.05, 0) is 11.1 Å². The molecule has 5 nitrogen and oxygen atoms in total. The largest absolute Gasteiger partial charge is 0.390 e. The lowest BCUT2D eigenvalue weighted by atomic mass is 10.1. The van der Waals surface area contributed by atoms with Crippen molar-refractivity contribution in [3.8, 4) is 0 Å². The fraction of sp³-hybridized carbons (Fsp3) is 0.462. The van der Waals surface area contributed by atoms with Gasteiger partial charge in [-0.25, -0.2) is 0 Å². The molecule has 5 heteroatoms. The number of hydrogen-bond acceptors (Lipinski definition) is 4. The zero-order valence-corrected chi connectivity index (χ0v) is 10.3. The number of nitrogens with one attached hydrogen (secondary N) is 1. The zero-order valence-electron chi connectivity index (χ0n) is 10.3. The van der Waals surface area contributed by atoms with Crippen molar-refractivity contribution >= 4 is 5.91 Å². The van der Waals surface area contributed by atoms with Gasteiger partial charge >= 0.3 is 0 Å². The fourth-order valence-corrected chi connectivity index (χ4v) is 2.30. The highest BCUT2D eigenvalue weighted by Crippen LogP contribution is 2.31. The molecule has 18 heavy (non-hydrogen) atoms. The van der Waals surface area contributed by atoms with Crippen LogP contribution < -0.4 is 11.1 Å². The fourth-order valence-electron chi connectivity index (χ4n) is 2.30. The van der Waals surface area contributed by atoms with Gasteiger partial charge < -0.3 is 20.9 Å². The molecule has 0 aliphatic heterocycles. The highest BCUT2D eigenvalue weighted by Gasteiger charge is 2.33. The lowest BCUT2D eigenvalue weighted by molar-refractivity contribution is -0.132. The molecule has 0 radical (unpaired) electrons. The molecule has 4 N–H and O–H groups in total. The molecular weight excluding hydrogens is 232 g/mol. The van der Waals surface area contributed by atoms with Gasteiger partial charge in [0.15, 0.2) is 0 Å². The van der Waals surface area contributed by atoms with Gasteiger partial charge in [0.1, 0.15) is 6.10 Å². The third-order valence-electron chi connectivity index (χ3n) is 3.29. The molecule has 0 saturated carbocycles. The number of aliphatic hydroxyl groups is 1. The number of ether oxygens (including phenoxy) is 1. The second-order valence-corrected chi connectivity index (χ2v) is 4.42. The Kier molecular flexibility index (Phi) is 3.96. The summed E-state index contributed by atoms with van der Waals surface area (Å²) in [6, 6.07) is 7.32. The summed E-state index contributed by atoms with van der Waals surface area (Å²) in [5.74, 6) is -0.291. The molecule has 3 atom stereocenters. The Hall–Kier alpha value is -1.43. The van der Waals surface area contributed by atoms with Gasteiger partial charge in [-0.3, -0.25) is 4.79 Å². The van der Waals surface area contributed by atoms with Gasteiger partial charge in [0.2, 0.25) is 0 Å². The minimum Gasteiger partial charge on any atom is -0.390 e. The van der Waals surface area contributed by atoms with E-state index in [9.17, 15) is 9.90 Å². The maximum atomic E-state index is 11.9. The normalized spacial score (nSPS) is 23.5. The van der Waals surface area contributed by atoms with Crippen molar-refractivity contribution in [2.45, 2.75) is 24.7 Å². The summed E-state index contributed by atoms with van der Waals surface area (Å²) in [4.78, 5) is 11.9. The maximum absolute atomic E-state index is 11.9. The van der Waals surface area contributed by atoms with Crippen molar-refractivity contribution < 1.29 is 14.6 Å². The standard InChI is InChI=1S/C13H18N2O3/c1-18-11(7-14)13(17)15-12-9-5-3-2-4-8(9)6-10(12)16/h2-5,10-12,16H,6-7,14H2,1H3,(H,15,17)/t10-,11?,12+/m1/s1. The summed E-state index contributed by atoms with van der Waals surface area (Å²) in [5, 5.41) is 12.8. The van der Waals surface area contributed by atoms with Crippen LogP contribution >= 0.6 is 0 Å². The zero-order chi connectivity index (χ0) is 13.1. The van der Waals surface area contributed by atoms with E-state index in [4.69, 9.17) is 10.5 Å². The monoisotopic (exact) mass is 250 g/mol. The number of methoxy groups -OCH3 is 1. The van der Waals surface area contributed by atoms with Crippen molar-refractivity contribution in [2.75, 3.05) is 13.7 Å². The molecule has 1 aliphatic rings. The lowest BCUT2D eigenvalue weighted by Crippen LogP contribution is -2.44. The SMILES string of the molecule is COC(CN)C(=O)N[C@H]1c2ccccc2C[C@H]1O. The number of rotatable bonds is 4. The van der Waals surface area contributed by atoms with Crippen molar-refractivity contribution in [3.05, 3.63) is 35.4 Å². The van der Waals surface area contributed by atoms with E-state index in [1.807, 2.05) is 24.3 Å². The predicted molar refractivity (Wildman–Crippen MR) is 66.9 cm³/mol. The highest BCUT2D eigenvalue weighted by atomic mass is 16.5. The summed E-state index contributed by atoms with van der Waals surface area (Å²) < 4.78 is 4.98. The van der Waals surface area contributed by atoms with E-state index < -0.39 is 12.2 Å². The molecule has 1 unspecified atom stereocenters. The van der Waals surface area contributed by atoms with E-state index in [0.29, 0.717) is 6.42 Å². The number of benzene rings is 1. The van der Waals surface area contributed by atoms with Gasteiger partial charge in [-0.2, -0.15) is 0 Å². The Balaban J connectivity index is 2.12. The maximum Gasteiger partial charge on any atom is 0.251 e. The van der Waals surface area contributed by atoms with Crippen molar-refractivity contribution in [3.63, 3.8) is 0 Å². The van der Waals surface area contributed by atoms with Crippen LogP contribution in [-0.4, -0.2) is 36.9 Å². The van der Waals surface area contributed by atoms with Gasteiger partial charge in [0.05, 0.1) is 12.1 Å². The number of aliphatic hydroxyl groups excluding tert-OH is 1. The first-order valence-electron chi connectivity index (χ1n) is 5.96. The van der Waals surface area contributed by atoms with Crippen LogP contribution in [0.4, 0.5) is 0 Å². The summed E-state index contributed by atoms with van der Waals surface area (Å²) in [6.45, 7) is 0.118. The molecule has 1 amide bonds. The summed E-state index contributed by atoms with van der Waals surface area (Å²) >= 11 is 0. The van der Waals surface area contributed by atoms with E-state index in [-0.39, 0.29) is 18.5 Å². The number of hydrogen-bond donors (Lipinski definition) is 3. The second kappa shape index (κ2) is 5.48. The van der Waals surface area contributed by atoms with Crippen LogP contribution in [0.25, 0.3) is 0 Å². The Morgan fingerprint density at radius 3 is 3.00 bits per heavy atom. The molecule has 0 aromatic heterocycles. The van der Waals surface area contributed by atoms with Gasteiger partial charge in [-0.1, -0.05) is 24.3 Å². The topological polar surface area (TPSA) is 84.6 Å². The molecule has 1 aromatic carbocycles. The van der Waals surface area contributed by atoms with Crippen LogP contribution in [0.3, 0.4) is 0 Å². The van der Waals surface area contributed by atoms with E-state index >= 15 is 0 Å². The van der Waals surface area contributed by atoms with E-state index in [2.05, 4.69) is 5.32 Å². The first-order chi connectivity index (χ1) is 8.67. The lowest BCUT2D eigenvalue weighted by Gasteiger charge is -2.21. The Morgan fingerprint density at radius 1 is 1.61 bits per heavy atom. The van der Waals surface area contributed by atoms with Crippen LogP contribution in [0.5, 0.6) is 0 Å². The van der Waals surface area contributed by atoms with E-state index in [0.717, 1.165) is 11.1 Å². The van der Waals surface area contributed by atoms with Gasteiger partial charge in [0, 0.05) is 20.1 Å². The molecule has 1 aromatic rings. The Bertz CT molecular complexity index is 432. The van der Waals surface area contributed by atoms with Crippen LogP contribution in [0.15, 0.2) is 24.3 Å². The summed E-state index contributed by atoms with van der Waals surface area (Å²) in [6.07, 6.45) is -0.715. The number of amides is 1. The minimum absolute atomic E-state index is 0.118. The van der Waals surface area contributed by atoms with E-state index in [1.165, 1.54) is 7.11 Å². The first-order valence-corrected chi connectivity index (χ1v) is 5.96. The molecular formula is C13H18N2O3. The van der Waals surface area contributed by atoms with Crippen molar-refractivity contribution in [2.24, 2.45) is 5.73 Å². The van der Waals surface area contributed by atoms with Gasteiger partial charge in [-0.15, -0.1) is 0 Å². The van der Waals surface area contributed by atoms with Crippen LogP contribution in [-0.2, 0) is 16.0 Å². The average Bonchev–Trinajstić information content (AvgIpc) is 2.68. The number of nitrogens with two attached hydrogens (primary N) is 1. The summed E-state index contributed by atoms with van der Waals surface area (Å²) in [5.41, 5.74) is 7.47. The molecule has 98 valence electrons. The Labute approximate surface area is 106 Å². The molecule has 2 rings (SSSR count). The Morgan fingerprint density at radius 2 is 2.33 bits per heavy atom. The van der Waals surface area contributed by atoms with Crippen LogP contribution in [0, 0.1) is 0 Å². The molecule has 0 bridgehead atoms. The quantitative estimate of drug-likeness (QED) is 0.687. The molecule has 0 fully saturated rings. The average molecular weight is 250 g/mol. The molecule has 1 aliphatic carbocycles. The third kappa shape index (κ3) is 2.38. The number of carbonyl (C=O) groups excluding carboxylic acids is 1. The number of fused-ring (bicyclic) bond motifs is 1. The number of carbonyl (C=O) groups is 1. The first kappa shape index (κ1) is 13.0. The van der Waals surface area contributed by atoms with Crippen LogP contribution in [0.1, 0.15) is 17.2 Å². The molecule has 0 heterocycles. The second-order valence-electron chi connectivity index (χ2n) is 4.42. The minimum atomic E-state index is -0.676. The van der Waals surface area contributed by atoms with Crippen molar-refractivity contribution in [1.82, 2.24) is 5.32 Å². The smallest absolute Gasteiger partial charge is 0.251 e. The van der Waals surface area contributed by atoms with Gasteiger partial charge in [0.25, 0.3) is 5.91 Å². The summed E-state index contributed by atoms with van der Waals surface area (Å²) in [7, 11) is 1.44. The molecule has 0 spiro atoms. The van der Waals surface area contributed by atoms with E-state index in [1.54, 1.807) is 0 Å². The molecule has 0 saturated heterocycles. The van der Waals surface area contributed by atoms with Crippen molar-refractivity contribution in [1.29, 1.82) is 0 Å². The predicted octanol–water partition coefficient (Wildman–Crippen LogP) is -0.265. The third-order valence-corrected chi connectivity index (χ3v) is 3.29. The van der Waals surface area contributed by atoms with Crippen LogP contribution in [0.2, 0.25) is 0 Å². The highest BCUT2D eigenvalue weighted by molar-refractivity contribution is 5.81.